The Morgan fingerprint density at radius 1 is 1.05 bits per heavy atom. The molecule has 0 bridgehead atoms. The smallest absolute Gasteiger partial charge is 0.137 e. The van der Waals surface area contributed by atoms with Crippen molar-refractivity contribution in [3.63, 3.8) is 0 Å². The Bertz CT molecular complexity index is 579. The molecule has 0 radical (unpaired) electrons. The second-order valence-electron chi connectivity index (χ2n) is 4.45. The van der Waals surface area contributed by atoms with Crippen LogP contribution < -0.4 is 0 Å². The minimum atomic E-state index is -0.454. The highest BCUT2D eigenvalue weighted by molar-refractivity contribution is 9.10. The average Bonchev–Trinajstić information content (AvgIpc) is 2.36. The summed E-state index contributed by atoms with van der Waals surface area (Å²) in [7, 11) is 0. The number of hydrogen-bond acceptors (Lipinski definition) is 0. The molecule has 1 unspecified atom stereocenters. The third-order valence-corrected chi connectivity index (χ3v) is 4.34. The molecule has 19 heavy (non-hydrogen) atoms. The zero-order valence-electron chi connectivity index (χ0n) is 10.3. The van der Waals surface area contributed by atoms with Crippen LogP contribution in [0.15, 0.2) is 40.9 Å². The van der Waals surface area contributed by atoms with E-state index in [1.807, 2.05) is 31.2 Å². The minimum Gasteiger partial charge on any atom is -0.207 e. The predicted octanol–water partition coefficient (Wildman–Crippen LogP) is 5.71. The third-order valence-electron chi connectivity index (χ3n) is 2.91. The first-order valence-corrected chi connectivity index (χ1v) is 7.52. The van der Waals surface area contributed by atoms with Crippen LogP contribution in [0, 0.1) is 18.6 Å². The van der Waals surface area contributed by atoms with Crippen LogP contribution in [0.1, 0.15) is 21.5 Å². The van der Waals surface area contributed by atoms with Crippen molar-refractivity contribution in [1.29, 1.82) is 0 Å². The predicted molar refractivity (Wildman–Crippen MR) is 80.6 cm³/mol. The van der Waals surface area contributed by atoms with Gasteiger partial charge in [0.15, 0.2) is 0 Å². The zero-order valence-corrected chi connectivity index (χ0v) is 13.4. The van der Waals surface area contributed by atoms with Gasteiger partial charge >= 0.3 is 0 Å². The molecule has 0 aliphatic carbocycles. The van der Waals surface area contributed by atoms with Gasteiger partial charge in [-0.1, -0.05) is 45.8 Å². The van der Waals surface area contributed by atoms with Gasteiger partial charge in [-0.3, -0.25) is 0 Å². The highest BCUT2D eigenvalue weighted by atomic mass is 79.9. The SMILES string of the molecule is Cc1ccc(CC(Br)c2cc(F)c(Br)cc2F)cc1. The number of halogens is 4. The van der Waals surface area contributed by atoms with E-state index in [0.717, 1.165) is 11.6 Å². The van der Waals surface area contributed by atoms with E-state index in [1.54, 1.807) is 0 Å². The van der Waals surface area contributed by atoms with E-state index in [9.17, 15) is 8.78 Å². The molecule has 0 N–H and O–H groups in total. The van der Waals surface area contributed by atoms with E-state index in [2.05, 4.69) is 31.9 Å². The molecule has 0 aliphatic rings. The Balaban J connectivity index is 2.22. The van der Waals surface area contributed by atoms with Gasteiger partial charge in [-0.25, -0.2) is 8.78 Å². The van der Waals surface area contributed by atoms with Crippen LogP contribution in [0.25, 0.3) is 0 Å². The largest absolute Gasteiger partial charge is 0.207 e. The molecule has 0 spiro atoms. The fourth-order valence-electron chi connectivity index (χ4n) is 1.82. The summed E-state index contributed by atoms with van der Waals surface area (Å²) in [4.78, 5) is -0.252. The van der Waals surface area contributed by atoms with E-state index in [-0.39, 0.29) is 9.30 Å². The van der Waals surface area contributed by atoms with Crippen LogP contribution in [0.2, 0.25) is 0 Å². The zero-order chi connectivity index (χ0) is 14.0. The van der Waals surface area contributed by atoms with Crippen LogP contribution in [-0.2, 0) is 6.42 Å². The first kappa shape index (κ1) is 14.7. The fourth-order valence-corrected chi connectivity index (χ4v) is 2.86. The van der Waals surface area contributed by atoms with E-state index < -0.39 is 11.6 Å². The van der Waals surface area contributed by atoms with Gasteiger partial charge in [0.05, 0.1) is 4.47 Å². The molecule has 0 nitrogen and oxygen atoms in total. The van der Waals surface area contributed by atoms with Crippen LogP contribution in [-0.4, -0.2) is 0 Å². The Morgan fingerprint density at radius 2 is 1.68 bits per heavy atom. The van der Waals surface area contributed by atoms with Crippen LogP contribution in [0.5, 0.6) is 0 Å². The van der Waals surface area contributed by atoms with Gasteiger partial charge in [-0.15, -0.1) is 0 Å². The molecule has 0 saturated heterocycles. The maximum atomic E-state index is 13.8. The summed E-state index contributed by atoms with van der Waals surface area (Å²) in [6.07, 6.45) is 0.609. The van der Waals surface area contributed by atoms with E-state index >= 15 is 0 Å². The molecule has 2 aromatic rings. The molecule has 100 valence electrons. The summed E-state index contributed by atoms with van der Waals surface area (Å²) in [6.45, 7) is 2.01. The van der Waals surface area contributed by atoms with Gasteiger partial charge in [0, 0.05) is 10.4 Å². The Labute approximate surface area is 128 Å². The van der Waals surface area contributed by atoms with Gasteiger partial charge in [-0.05, 0) is 47.0 Å². The van der Waals surface area contributed by atoms with Crippen molar-refractivity contribution in [2.75, 3.05) is 0 Å². The van der Waals surface area contributed by atoms with E-state index in [1.165, 1.54) is 11.6 Å². The summed E-state index contributed by atoms with van der Waals surface area (Å²) in [5, 5.41) is 0. The number of hydrogen-bond donors (Lipinski definition) is 0. The summed E-state index contributed by atoms with van der Waals surface area (Å²) < 4.78 is 27.4. The molecule has 0 fully saturated rings. The Morgan fingerprint density at radius 3 is 2.32 bits per heavy atom. The molecule has 0 amide bonds. The molecular weight excluding hydrogens is 378 g/mol. The van der Waals surface area contributed by atoms with Crippen molar-refractivity contribution in [3.05, 3.63) is 69.2 Å². The lowest BCUT2D eigenvalue weighted by Crippen LogP contribution is -2.00. The first-order chi connectivity index (χ1) is 8.97. The summed E-state index contributed by atoms with van der Waals surface area (Å²) in [5.41, 5.74) is 2.59. The second kappa shape index (κ2) is 6.14. The minimum absolute atomic E-state index is 0.142. The van der Waals surface area contributed by atoms with Gasteiger partial charge in [0.2, 0.25) is 0 Å². The molecule has 2 aromatic carbocycles. The summed E-state index contributed by atoms with van der Waals surface area (Å²) in [5.74, 6) is -0.869. The lowest BCUT2D eigenvalue weighted by molar-refractivity contribution is 0.579. The normalized spacial score (nSPS) is 12.5. The van der Waals surface area contributed by atoms with E-state index in [0.29, 0.717) is 12.0 Å². The van der Waals surface area contributed by atoms with Crippen molar-refractivity contribution in [2.45, 2.75) is 18.2 Å². The number of aryl methyl sites for hydroxylation is 1. The molecule has 2 rings (SSSR count). The van der Waals surface area contributed by atoms with Crippen LogP contribution in [0.4, 0.5) is 8.78 Å². The monoisotopic (exact) mass is 388 g/mol. The first-order valence-electron chi connectivity index (χ1n) is 5.81. The van der Waals surface area contributed by atoms with Gasteiger partial charge in [0.1, 0.15) is 11.6 Å². The maximum Gasteiger partial charge on any atom is 0.137 e. The average molecular weight is 390 g/mol. The van der Waals surface area contributed by atoms with Crippen molar-refractivity contribution in [1.82, 2.24) is 0 Å². The lowest BCUT2D eigenvalue weighted by Gasteiger charge is -2.12. The highest BCUT2D eigenvalue weighted by Gasteiger charge is 2.16. The van der Waals surface area contributed by atoms with Crippen molar-refractivity contribution in [3.8, 4) is 0 Å². The topological polar surface area (TPSA) is 0 Å². The number of alkyl halides is 1. The van der Waals surface area contributed by atoms with Crippen LogP contribution in [0.3, 0.4) is 0 Å². The molecule has 0 aliphatic heterocycles. The standard InChI is InChI=1S/C15H12Br2F2/c1-9-2-4-10(5-3-9)6-12(16)11-7-15(19)13(17)8-14(11)18/h2-5,7-8,12H,6H2,1H3. The number of benzene rings is 2. The van der Waals surface area contributed by atoms with Crippen molar-refractivity contribution < 1.29 is 8.78 Å². The molecule has 0 aromatic heterocycles. The summed E-state index contributed by atoms with van der Waals surface area (Å²) in [6, 6.07) is 10.4. The molecule has 0 saturated carbocycles. The fraction of sp³-hybridized carbons (Fsp3) is 0.200. The quantitative estimate of drug-likeness (QED) is 0.465. The molecular formula is C15H12Br2F2. The third kappa shape index (κ3) is 3.63. The number of rotatable bonds is 3. The molecule has 4 heteroatoms. The van der Waals surface area contributed by atoms with Crippen molar-refractivity contribution in [2.24, 2.45) is 0 Å². The Hall–Kier alpha value is -0.740. The lowest BCUT2D eigenvalue weighted by atomic mass is 10.0. The van der Waals surface area contributed by atoms with Gasteiger partial charge < -0.3 is 0 Å². The summed E-state index contributed by atoms with van der Waals surface area (Å²) >= 11 is 6.40. The molecule has 0 heterocycles. The molecule has 1 atom stereocenters. The van der Waals surface area contributed by atoms with Crippen molar-refractivity contribution >= 4 is 31.9 Å². The van der Waals surface area contributed by atoms with Gasteiger partial charge in [-0.2, -0.15) is 0 Å². The second-order valence-corrected chi connectivity index (χ2v) is 6.40. The van der Waals surface area contributed by atoms with Gasteiger partial charge in [0.25, 0.3) is 0 Å². The Kier molecular flexibility index (Phi) is 4.74. The maximum absolute atomic E-state index is 13.8. The highest BCUT2D eigenvalue weighted by Crippen LogP contribution is 2.32. The van der Waals surface area contributed by atoms with E-state index in [4.69, 9.17) is 0 Å². The van der Waals surface area contributed by atoms with Crippen LogP contribution >= 0.6 is 31.9 Å².